The summed E-state index contributed by atoms with van der Waals surface area (Å²) >= 11 is 0. The number of carbonyl (C=O) groups is 1. The van der Waals surface area contributed by atoms with Crippen molar-refractivity contribution in [3.05, 3.63) is 65.7 Å². The largest absolute Gasteiger partial charge is 0.497 e. The lowest BCUT2D eigenvalue weighted by Crippen LogP contribution is -2.48. The third-order valence-corrected chi connectivity index (χ3v) is 6.76. The zero-order valence-corrected chi connectivity index (χ0v) is 17.9. The second-order valence-electron chi connectivity index (χ2n) is 8.55. The van der Waals surface area contributed by atoms with E-state index in [0.717, 1.165) is 44.8 Å². The summed E-state index contributed by atoms with van der Waals surface area (Å²) in [6, 6.07) is 19.7. The number of nitrogens with zero attached hydrogens (tertiary/aromatic N) is 2. The van der Waals surface area contributed by atoms with Crippen LogP contribution in [0, 0.1) is 5.92 Å². The minimum Gasteiger partial charge on any atom is -0.497 e. The number of benzene rings is 2. The Bertz CT molecular complexity index is 824. The number of amides is 1. The lowest BCUT2D eigenvalue weighted by atomic mass is 9.81. The van der Waals surface area contributed by atoms with Crippen molar-refractivity contribution in [2.45, 2.75) is 37.8 Å². The molecule has 2 aliphatic heterocycles. The molecule has 2 N–H and O–H groups in total. The molecule has 160 valence electrons. The van der Waals surface area contributed by atoms with Gasteiger partial charge >= 0.3 is 0 Å². The van der Waals surface area contributed by atoms with Crippen LogP contribution in [0.2, 0.25) is 0 Å². The third-order valence-electron chi connectivity index (χ3n) is 6.76. The highest BCUT2D eigenvalue weighted by atomic mass is 16.5. The number of methoxy groups -OCH3 is 1. The topological polar surface area (TPSA) is 58.8 Å². The van der Waals surface area contributed by atoms with E-state index in [9.17, 15) is 4.79 Å². The molecule has 1 amide bonds. The van der Waals surface area contributed by atoms with Crippen molar-refractivity contribution in [3.63, 3.8) is 0 Å². The number of carbonyl (C=O) groups excluding carboxylic acids is 1. The number of piperidine rings is 1. The van der Waals surface area contributed by atoms with Crippen LogP contribution in [0.3, 0.4) is 0 Å². The summed E-state index contributed by atoms with van der Waals surface area (Å²) in [5.74, 6) is 2.03. The van der Waals surface area contributed by atoms with Crippen LogP contribution in [0.5, 0.6) is 5.75 Å². The monoisotopic (exact) mass is 407 g/mol. The molecule has 2 aromatic carbocycles. The molecule has 5 heteroatoms. The van der Waals surface area contributed by atoms with Gasteiger partial charge in [0, 0.05) is 50.5 Å². The molecular weight excluding hydrogens is 374 g/mol. The minimum atomic E-state index is 0.258. The van der Waals surface area contributed by atoms with E-state index in [0.29, 0.717) is 30.8 Å². The molecule has 0 aromatic heterocycles. The Morgan fingerprint density at radius 1 is 1.10 bits per heavy atom. The number of ether oxygens (including phenoxy) is 1. The van der Waals surface area contributed by atoms with Crippen molar-refractivity contribution in [1.29, 1.82) is 0 Å². The summed E-state index contributed by atoms with van der Waals surface area (Å²) in [6.45, 7) is 4.27. The Labute approximate surface area is 179 Å². The molecule has 0 spiro atoms. The van der Waals surface area contributed by atoms with Gasteiger partial charge in [0.05, 0.1) is 7.11 Å². The van der Waals surface area contributed by atoms with E-state index >= 15 is 0 Å². The smallest absolute Gasteiger partial charge is 0.222 e. The van der Waals surface area contributed by atoms with Crippen molar-refractivity contribution in [2.24, 2.45) is 11.7 Å². The molecule has 2 heterocycles. The van der Waals surface area contributed by atoms with Gasteiger partial charge in [0.2, 0.25) is 5.91 Å². The van der Waals surface area contributed by atoms with Crippen LogP contribution in [0.15, 0.2) is 54.6 Å². The van der Waals surface area contributed by atoms with Crippen molar-refractivity contribution in [1.82, 2.24) is 9.80 Å². The fourth-order valence-corrected chi connectivity index (χ4v) is 5.18. The SMILES string of the molecule is COc1ccc([C@H]2CN(Cc3ccccc3)[C@@H]3CCN(C(=O)CCCN)C[C@H]23)cc1. The number of hydrogen-bond donors (Lipinski definition) is 1. The molecule has 2 aliphatic rings. The summed E-state index contributed by atoms with van der Waals surface area (Å²) < 4.78 is 5.35. The highest BCUT2D eigenvalue weighted by molar-refractivity contribution is 5.76. The van der Waals surface area contributed by atoms with Crippen LogP contribution in [0.25, 0.3) is 0 Å². The first-order chi connectivity index (χ1) is 14.7. The van der Waals surface area contributed by atoms with Crippen LogP contribution in [0.4, 0.5) is 0 Å². The average molecular weight is 408 g/mol. The molecular formula is C25H33N3O2. The first kappa shape index (κ1) is 20.9. The highest BCUT2D eigenvalue weighted by Gasteiger charge is 2.45. The van der Waals surface area contributed by atoms with E-state index in [1.54, 1.807) is 7.11 Å². The molecule has 0 aliphatic carbocycles. The molecule has 4 rings (SSSR count). The molecule has 2 aromatic rings. The summed E-state index contributed by atoms with van der Waals surface area (Å²) in [7, 11) is 1.70. The average Bonchev–Trinajstić information content (AvgIpc) is 3.15. The Morgan fingerprint density at radius 2 is 1.87 bits per heavy atom. The maximum absolute atomic E-state index is 12.7. The van der Waals surface area contributed by atoms with Crippen LogP contribution in [-0.4, -0.2) is 55.0 Å². The lowest BCUT2D eigenvalue weighted by molar-refractivity contribution is -0.133. The predicted octanol–water partition coefficient (Wildman–Crippen LogP) is 3.25. The second-order valence-corrected chi connectivity index (χ2v) is 8.55. The lowest BCUT2D eigenvalue weighted by Gasteiger charge is -2.39. The summed E-state index contributed by atoms with van der Waals surface area (Å²) in [5, 5.41) is 0. The number of fused-ring (bicyclic) bond motifs is 1. The number of nitrogens with two attached hydrogens (primary N) is 1. The zero-order chi connectivity index (χ0) is 20.9. The van der Waals surface area contributed by atoms with E-state index in [4.69, 9.17) is 10.5 Å². The van der Waals surface area contributed by atoms with Crippen LogP contribution >= 0.6 is 0 Å². The van der Waals surface area contributed by atoms with Crippen molar-refractivity contribution < 1.29 is 9.53 Å². The number of likely N-dealkylation sites (tertiary alicyclic amines) is 2. The number of hydrogen-bond acceptors (Lipinski definition) is 4. The van der Waals surface area contributed by atoms with Crippen molar-refractivity contribution in [3.8, 4) is 5.75 Å². The fraction of sp³-hybridized carbons (Fsp3) is 0.480. The maximum Gasteiger partial charge on any atom is 0.222 e. The first-order valence-electron chi connectivity index (χ1n) is 11.1. The molecule has 3 atom stereocenters. The molecule has 0 saturated carbocycles. The van der Waals surface area contributed by atoms with E-state index in [1.807, 2.05) is 0 Å². The van der Waals surface area contributed by atoms with Gasteiger partial charge < -0.3 is 15.4 Å². The fourth-order valence-electron chi connectivity index (χ4n) is 5.18. The van der Waals surface area contributed by atoms with Gasteiger partial charge in [-0.15, -0.1) is 0 Å². The molecule has 2 saturated heterocycles. The van der Waals surface area contributed by atoms with Crippen LogP contribution < -0.4 is 10.5 Å². The van der Waals surface area contributed by atoms with Gasteiger partial charge in [-0.3, -0.25) is 9.69 Å². The molecule has 5 nitrogen and oxygen atoms in total. The Kier molecular flexibility index (Phi) is 6.70. The first-order valence-corrected chi connectivity index (χ1v) is 11.1. The van der Waals surface area contributed by atoms with Gasteiger partial charge in [-0.05, 0) is 42.6 Å². The van der Waals surface area contributed by atoms with Crippen molar-refractivity contribution in [2.75, 3.05) is 33.3 Å². The van der Waals surface area contributed by atoms with Crippen LogP contribution in [0.1, 0.15) is 36.3 Å². The van der Waals surface area contributed by atoms with Gasteiger partial charge in [0.25, 0.3) is 0 Å². The summed E-state index contributed by atoms with van der Waals surface area (Å²) in [6.07, 6.45) is 2.37. The van der Waals surface area contributed by atoms with Crippen LogP contribution in [-0.2, 0) is 11.3 Å². The predicted molar refractivity (Wildman–Crippen MR) is 119 cm³/mol. The minimum absolute atomic E-state index is 0.258. The molecule has 2 fully saturated rings. The zero-order valence-electron chi connectivity index (χ0n) is 17.9. The van der Waals surface area contributed by atoms with Gasteiger partial charge in [-0.1, -0.05) is 42.5 Å². The summed E-state index contributed by atoms with van der Waals surface area (Å²) in [5.41, 5.74) is 8.32. The Balaban J connectivity index is 1.55. The standard InChI is InChI=1S/C25H33N3O2/c1-30-21-11-9-20(10-12-21)22-17-28(16-19-6-3-2-4-7-19)24-13-15-27(18-23(22)24)25(29)8-5-14-26/h2-4,6-7,9-12,22-24H,5,8,13-18,26H2,1H3/t22-,23-,24-/m1/s1. The van der Waals surface area contributed by atoms with Gasteiger partial charge in [-0.25, -0.2) is 0 Å². The maximum atomic E-state index is 12.7. The molecule has 0 unspecified atom stereocenters. The Hall–Kier alpha value is -2.37. The summed E-state index contributed by atoms with van der Waals surface area (Å²) in [4.78, 5) is 17.4. The Morgan fingerprint density at radius 3 is 2.57 bits per heavy atom. The van der Waals surface area contributed by atoms with E-state index in [-0.39, 0.29) is 5.91 Å². The van der Waals surface area contributed by atoms with E-state index in [1.165, 1.54) is 11.1 Å². The second kappa shape index (κ2) is 9.63. The van der Waals surface area contributed by atoms with E-state index < -0.39 is 0 Å². The van der Waals surface area contributed by atoms with Gasteiger partial charge in [0.1, 0.15) is 5.75 Å². The van der Waals surface area contributed by atoms with Gasteiger partial charge in [-0.2, -0.15) is 0 Å². The quantitative estimate of drug-likeness (QED) is 0.765. The van der Waals surface area contributed by atoms with Crippen molar-refractivity contribution >= 4 is 5.91 Å². The molecule has 30 heavy (non-hydrogen) atoms. The normalized spacial score (nSPS) is 23.9. The highest BCUT2D eigenvalue weighted by Crippen LogP contribution is 2.42. The van der Waals surface area contributed by atoms with Gasteiger partial charge in [0.15, 0.2) is 0 Å². The van der Waals surface area contributed by atoms with E-state index in [2.05, 4.69) is 64.4 Å². The third kappa shape index (κ3) is 4.52. The molecule has 0 radical (unpaired) electrons. The molecule has 0 bridgehead atoms. The number of rotatable bonds is 7.